The van der Waals surface area contributed by atoms with E-state index in [-0.39, 0.29) is 24.4 Å². The van der Waals surface area contributed by atoms with Gasteiger partial charge in [0.15, 0.2) is 6.61 Å². The number of ether oxygens (including phenoxy) is 1. The van der Waals surface area contributed by atoms with Crippen LogP contribution in [0.15, 0.2) is 24.3 Å². The van der Waals surface area contributed by atoms with Crippen LogP contribution in [-0.4, -0.2) is 42.6 Å². The lowest BCUT2D eigenvalue weighted by Gasteiger charge is -2.32. The van der Waals surface area contributed by atoms with Crippen molar-refractivity contribution in [2.24, 2.45) is 0 Å². The summed E-state index contributed by atoms with van der Waals surface area (Å²) in [6.45, 7) is 2.14. The standard InChI is InChI=1S/C16H21FN2O2/c17-12-1-5-15(6-2-12)21-11-16(20)18-13-7-9-19(10-8-13)14-3-4-14/h1-2,5-6,13-14H,3-4,7-11H2,(H,18,20). The zero-order chi connectivity index (χ0) is 14.7. The van der Waals surface area contributed by atoms with E-state index < -0.39 is 0 Å². The van der Waals surface area contributed by atoms with Crippen molar-refractivity contribution in [1.82, 2.24) is 10.2 Å². The number of nitrogens with one attached hydrogen (secondary N) is 1. The second-order valence-electron chi connectivity index (χ2n) is 5.85. The van der Waals surface area contributed by atoms with E-state index in [0.717, 1.165) is 32.0 Å². The monoisotopic (exact) mass is 292 g/mol. The number of nitrogens with zero attached hydrogens (tertiary/aromatic N) is 1. The van der Waals surface area contributed by atoms with Gasteiger partial charge in [0, 0.05) is 25.2 Å². The van der Waals surface area contributed by atoms with E-state index in [1.165, 1.54) is 37.1 Å². The lowest BCUT2D eigenvalue weighted by Crippen LogP contribution is -2.46. The summed E-state index contributed by atoms with van der Waals surface area (Å²) in [6, 6.07) is 6.75. The molecule has 21 heavy (non-hydrogen) atoms. The van der Waals surface area contributed by atoms with Crippen LogP contribution in [0.4, 0.5) is 4.39 Å². The topological polar surface area (TPSA) is 41.6 Å². The van der Waals surface area contributed by atoms with Crippen molar-refractivity contribution in [2.45, 2.75) is 37.8 Å². The molecule has 1 amide bonds. The highest BCUT2D eigenvalue weighted by Gasteiger charge is 2.32. The Bertz CT molecular complexity index is 480. The number of rotatable bonds is 5. The number of carbonyl (C=O) groups is 1. The van der Waals surface area contributed by atoms with E-state index in [0.29, 0.717) is 5.75 Å². The maximum absolute atomic E-state index is 12.7. The molecule has 0 bridgehead atoms. The Kier molecular flexibility index (Phi) is 4.39. The van der Waals surface area contributed by atoms with E-state index in [2.05, 4.69) is 10.2 Å². The first-order valence-electron chi connectivity index (χ1n) is 7.62. The van der Waals surface area contributed by atoms with Gasteiger partial charge in [-0.15, -0.1) is 0 Å². The maximum Gasteiger partial charge on any atom is 0.258 e. The molecular formula is C16H21FN2O2. The van der Waals surface area contributed by atoms with E-state index in [9.17, 15) is 9.18 Å². The molecule has 114 valence electrons. The molecule has 1 heterocycles. The Morgan fingerprint density at radius 2 is 1.86 bits per heavy atom. The van der Waals surface area contributed by atoms with E-state index in [4.69, 9.17) is 4.74 Å². The quantitative estimate of drug-likeness (QED) is 0.902. The minimum absolute atomic E-state index is 0.0194. The zero-order valence-corrected chi connectivity index (χ0v) is 12.1. The summed E-state index contributed by atoms with van der Waals surface area (Å²) in [6.07, 6.45) is 4.70. The van der Waals surface area contributed by atoms with Crippen molar-refractivity contribution in [3.8, 4) is 5.75 Å². The summed E-state index contributed by atoms with van der Waals surface area (Å²) in [5.41, 5.74) is 0. The number of hydrogen-bond acceptors (Lipinski definition) is 3. The minimum atomic E-state index is -0.311. The number of hydrogen-bond donors (Lipinski definition) is 1. The fourth-order valence-corrected chi connectivity index (χ4v) is 2.80. The normalized spacial score (nSPS) is 20.2. The van der Waals surface area contributed by atoms with Crippen LogP contribution in [-0.2, 0) is 4.79 Å². The summed E-state index contributed by atoms with van der Waals surface area (Å²) >= 11 is 0. The first-order valence-corrected chi connectivity index (χ1v) is 7.62. The van der Waals surface area contributed by atoms with Crippen LogP contribution in [0.1, 0.15) is 25.7 Å². The van der Waals surface area contributed by atoms with Crippen molar-refractivity contribution in [3.63, 3.8) is 0 Å². The molecule has 2 aliphatic rings. The molecule has 0 atom stereocenters. The summed E-state index contributed by atoms with van der Waals surface area (Å²) < 4.78 is 18.1. The Labute approximate surface area is 124 Å². The second-order valence-corrected chi connectivity index (χ2v) is 5.85. The molecule has 1 aliphatic carbocycles. The Morgan fingerprint density at radius 1 is 1.19 bits per heavy atom. The smallest absolute Gasteiger partial charge is 0.258 e. The molecule has 1 saturated carbocycles. The number of likely N-dealkylation sites (tertiary alicyclic amines) is 1. The predicted octanol–water partition coefficient (Wildman–Crippen LogP) is 1.95. The van der Waals surface area contributed by atoms with E-state index >= 15 is 0 Å². The number of carbonyl (C=O) groups excluding carboxylic acids is 1. The Hall–Kier alpha value is -1.62. The molecule has 0 aromatic heterocycles. The van der Waals surface area contributed by atoms with Crippen LogP contribution >= 0.6 is 0 Å². The lowest BCUT2D eigenvalue weighted by atomic mass is 10.0. The third-order valence-corrected chi connectivity index (χ3v) is 4.14. The van der Waals surface area contributed by atoms with Crippen molar-refractivity contribution in [2.75, 3.05) is 19.7 Å². The van der Waals surface area contributed by atoms with Crippen molar-refractivity contribution in [1.29, 1.82) is 0 Å². The fourth-order valence-electron chi connectivity index (χ4n) is 2.80. The van der Waals surface area contributed by atoms with Gasteiger partial charge < -0.3 is 15.0 Å². The molecule has 1 aromatic carbocycles. The van der Waals surface area contributed by atoms with Crippen LogP contribution in [0, 0.1) is 5.82 Å². The largest absolute Gasteiger partial charge is 0.484 e. The van der Waals surface area contributed by atoms with Gasteiger partial charge in [0.2, 0.25) is 0 Å². The molecule has 4 nitrogen and oxygen atoms in total. The summed E-state index contributed by atoms with van der Waals surface area (Å²) in [7, 11) is 0. The number of benzene rings is 1. The maximum atomic E-state index is 12.7. The lowest BCUT2D eigenvalue weighted by molar-refractivity contribution is -0.124. The van der Waals surface area contributed by atoms with Crippen LogP contribution in [0.5, 0.6) is 5.75 Å². The molecule has 0 unspecified atom stereocenters. The summed E-state index contributed by atoms with van der Waals surface area (Å²) in [5.74, 6) is 0.0912. The first-order chi connectivity index (χ1) is 10.2. The molecule has 0 spiro atoms. The number of piperidine rings is 1. The van der Waals surface area contributed by atoms with Gasteiger partial charge in [-0.3, -0.25) is 4.79 Å². The molecule has 5 heteroatoms. The minimum Gasteiger partial charge on any atom is -0.484 e. The summed E-state index contributed by atoms with van der Waals surface area (Å²) in [4.78, 5) is 14.4. The Balaban J connectivity index is 1.37. The van der Waals surface area contributed by atoms with Crippen molar-refractivity contribution < 1.29 is 13.9 Å². The molecular weight excluding hydrogens is 271 g/mol. The Morgan fingerprint density at radius 3 is 2.48 bits per heavy atom. The van der Waals surface area contributed by atoms with Gasteiger partial charge in [-0.1, -0.05) is 0 Å². The molecule has 2 fully saturated rings. The molecule has 1 N–H and O–H groups in total. The molecule has 1 saturated heterocycles. The molecule has 1 aliphatic heterocycles. The number of amides is 1. The van der Waals surface area contributed by atoms with Crippen LogP contribution in [0.2, 0.25) is 0 Å². The van der Waals surface area contributed by atoms with Gasteiger partial charge in [0.05, 0.1) is 0 Å². The van der Waals surface area contributed by atoms with Gasteiger partial charge in [-0.25, -0.2) is 4.39 Å². The van der Waals surface area contributed by atoms with Crippen LogP contribution in [0.3, 0.4) is 0 Å². The van der Waals surface area contributed by atoms with Crippen LogP contribution < -0.4 is 10.1 Å². The van der Waals surface area contributed by atoms with E-state index in [1.54, 1.807) is 0 Å². The van der Waals surface area contributed by atoms with Gasteiger partial charge in [-0.2, -0.15) is 0 Å². The third-order valence-electron chi connectivity index (χ3n) is 4.14. The van der Waals surface area contributed by atoms with Gasteiger partial charge in [-0.05, 0) is 49.9 Å². The highest BCUT2D eigenvalue weighted by molar-refractivity contribution is 5.77. The second kappa shape index (κ2) is 6.43. The van der Waals surface area contributed by atoms with Gasteiger partial charge in [0.25, 0.3) is 5.91 Å². The molecule has 1 aromatic rings. The third kappa shape index (κ3) is 4.17. The van der Waals surface area contributed by atoms with Crippen LogP contribution in [0.25, 0.3) is 0 Å². The highest BCUT2D eigenvalue weighted by atomic mass is 19.1. The van der Waals surface area contributed by atoms with Gasteiger partial charge >= 0.3 is 0 Å². The van der Waals surface area contributed by atoms with E-state index in [1.807, 2.05) is 0 Å². The first kappa shape index (κ1) is 14.3. The number of halogens is 1. The predicted molar refractivity (Wildman–Crippen MR) is 77.7 cm³/mol. The average Bonchev–Trinajstić information content (AvgIpc) is 3.32. The zero-order valence-electron chi connectivity index (χ0n) is 12.1. The van der Waals surface area contributed by atoms with Crippen molar-refractivity contribution in [3.05, 3.63) is 30.1 Å². The van der Waals surface area contributed by atoms with Crippen molar-refractivity contribution >= 4 is 5.91 Å². The van der Waals surface area contributed by atoms with Gasteiger partial charge in [0.1, 0.15) is 11.6 Å². The fraction of sp³-hybridized carbons (Fsp3) is 0.562. The molecule has 0 radical (unpaired) electrons. The highest BCUT2D eigenvalue weighted by Crippen LogP contribution is 2.29. The molecule has 3 rings (SSSR count). The average molecular weight is 292 g/mol. The summed E-state index contributed by atoms with van der Waals surface area (Å²) in [5, 5.41) is 3.02. The SMILES string of the molecule is O=C(COc1ccc(F)cc1)NC1CCN(C2CC2)CC1.